The number of ether oxygens (including phenoxy) is 2. The van der Waals surface area contributed by atoms with Gasteiger partial charge in [0.2, 0.25) is 0 Å². The summed E-state index contributed by atoms with van der Waals surface area (Å²) in [5, 5.41) is 3.50. The van der Waals surface area contributed by atoms with Gasteiger partial charge in [-0.2, -0.15) is 0 Å². The van der Waals surface area contributed by atoms with E-state index in [9.17, 15) is 0 Å². The summed E-state index contributed by atoms with van der Waals surface area (Å²) in [7, 11) is 1.67. The summed E-state index contributed by atoms with van der Waals surface area (Å²) < 4.78 is 10.5. The summed E-state index contributed by atoms with van der Waals surface area (Å²) in [6.45, 7) is 5.49. The van der Waals surface area contributed by atoms with E-state index in [0.29, 0.717) is 19.3 Å². The molecule has 108 valence electrons. The minimum atomic E-state index is 0.314. The van der Waals surface area contributed by atoms with Gasteiger partial charge in [0.05, 0.1) is 12.6 Å². The van der Waals surface area contributed by atoms with Gasteiger partial charge in [0.25, 0.3) is 0 Å². The third-order valence-corrected chi connectivity index (χ3v) is 4.16. The van der Waals surface area contributed by atoms with E-state index in [4.69, 9.17) is 9.47 Å². The highest BCUT2D eigenvalue weighted by Gasteiger charge is 2.07. The number of aryl methyl sites for hydroxylation is 1. The second-order valence-electron chi connectivity index (χ2n) is 4.68. The van der Waals surface area contributed by atoms with Gasteiger partial charge in [0, 0.05) is 22.6 Å². The van der Waals surface area contributed by atoms with Crippen LogP contribution in [0.1, 0.15) is 22.7 Å². The maximum atomic E-state index is 5.54. The Hall–Kier alpha value is -1.52. The van der Waals surface area contributed by atoms with E-state index >= 15 is 0 Å². The van der Waals surface area contributed by atoms with Crippen LogP contribution in [0.2, 0.25) is 0 Å². The highest BCUT2D eigenvalue weighted by Crippen LogP contribution is 2.26. The molecule has 0 saturated carbocycles. The summed E-state index contributed by atoms with van der Waals surface area (Å²) in [6.07, 6.45) is 0. The van der Waals surface area contributed by atoms with Gasteiger partial charge in [-0.15, -0.1) is 11.3 Å². The normalized spacial score (nSPS) is 12.2. The monoisotopic (exact) mass is 291 g/mol. The molecule has 2 rings (SSSR count). The Bertz CT molecular complexity index is 522. The van der Waals surface area contributed by atoms with Crippen molar-refractivity contribution in [2.24, 2.45) is 0 Å². The van der Waals surface area contributed by atoms with Crippen molar-refractivity contribution in [3.8, 4) is 5.75 Å². The first kappa shape index (κ1) is 14.9. The molecule has 0 spiro atoms. The quantitative estimate of drug-likeness (QED) is 0.773. The van der Waals surface area contributed by atoms with Gasteiger partial charge in [-0.3, -0.25) is 0 Å². The molecule has 0 aliphatic carbocycles. The Morgan fingerprint density at radius 3 is 2.45 bits per heavy atom. The van der Waals surface area contributed by atoms with Crippen molar-refractivity contribution in [3.05, 3.63) is 46.2 Å². The van der Waals surface area contributed by atoms with Crippen LogP contribution in [0.25, 0.3) is 0 Å². The average molecular weight is 291 g/mol. The Morgan fingerprint density at radius 1 is 1.10 bits per heavy atom. The van der Waals surface area contributed by atoms with Gasteiger partial charge in [0.1, 0.15) is 12.4 Å². The van der Waals surface area contributed by atoms with E-state index in [1.165, 1.54) is 9.75 Å². The lowest BCUT2D eigenvalue weighted by molar-refractivity contribution is 0.146. The van der Waals surface area contributed by atoms with Crippen molar-refractivity contribution in [2.45, 2.75) is 19.9 Å². The molecule has 20 heavy (non-hydrogen) atoms. The molecule has 2 aromatic rings. The fourth-order valence-electron chi connectivity index (χ4n) is 1.90. The van der Waals surface area contributed by atoms with Crippen LogP contribution in [-0.4, -0.2) is 20.3 Å². The van der Waals surface area contributed by atoms with E-state index in [-0.39, 0.29) is 0 Å². The molecular weight excluding hydrogens is 270 g/mol. The Balaban J connectivity index is 1.90. The number of benzene rings is 1. The molecule has 1 atom stereocenters. The highest BCUT2D eigenvalue weighted by molar-refractivity contribution is 7.12. The molecule has 0 saturated heterocycles. The molecule has 0 amide bonds. The SMILES string of the molecule is COCCOc1ccc(NC(C)c2ccc(C)s2)cc1. The second-order valence-corrected chi connectivity index (χ2v) is 6.00. The summed E-state index contributed by atoms with van der Waals surface area (Å²) in [6, 6.07) is 12.7. The van der Waals surface area contributed by atoms with Crippen LogP contribution >= 0.6 is 11.3 Å². The minimum Gasteiger partial charge on any atom is -0.491 e. The molecular formula is C16H21NO2S. The van der Waals surface area contributed by atoms with E-state index in [2.05, 4.69) is 31.3 Å². The Labute approximate surface area is 124 Å². The minimum absolute atomic E-state index is 0.314. The van der Waals surface area contributed by atoms with Crippen molar-refractivity contribution in [1.29, 1.82) is 0 Å². The first-order valence-electron chi connectivity index (χ1n) is 6.73. The number of thiophene rings is 1. The molecule has 0 bridgehead atoms. The van der Waals surface area contributed by atoms with Gasteiger partial charge in [-0.05, 0) is 50.2 Å². The van der Waals surface area contributed by atoms with Crippen LogP contribution in [0.3, 0.4) is 0 Å². The van der Waals surface area contributed by atoms with Gasteiger partial charge >= 0.3 is 0 Å². The number of anilines is 1. The van der Waals surface area contributed by atoms with Gasteiger partial charge in [-0.25, -0.2) is 0 Å². The molecule has 1 aromatic carbocycles. The standard InChI is InChI=1S/C16H21NO2S/c1-12-4-9-16(20-12)13(2)17-14-5-7-15(8-6-14)19-11-10-18-3/h4-9,13,17H,10-11H2,1-3H3. The van der Waals surface area contributed by atoms with Crippen molar-refractivity contribution in [3.63, 3.8) is 0 Å². The van der Waals surface area contributed by atoms with Crippen LogP contribution in [0, 0.1) is 6.92 Å². The van der Waals surface area contributed by atoms with E-state index in [1.807, 2.05) is 35.6 Å². The van der Waals surface area contributed by atoms with Crippen LogP contribution < -0.4 is 10.1 Å². The van der Waals surface area contributed by atoms with Crippen LogP contribution in [0.4, 0.5) is 5.69 Å². The number of hydrogen-bond acceptors (Lipinski definition) is 4. The summed E-state index contributed by atoms with van der Waals surface area (Å²) in [4.78, 5) is 2.69. The van der Waals surface area contributed by atoms with E-state index in [1.54, 1.807) is 7.11 Å². The second kappa shape index (κ2) is 7.31. The molecule has 3 nitrogen and oxygen atoms in total. The molecule has 4 heteroatoms. The van der Waals surface area contributed by atoms with Gasteiger partial charge in [-0.1, -0.05) is 0 Å². The maximum absolute atomic E-state index is 5.54. The largest absolute Gasteiger partial charge is 0.491 e. The summed E-state index contributed by atoms with van der Waals surface area (Å²) in [5.74, 6) is 0.868. The lowest BCUT2D eigenvalue weighted by Crippen LogP contribution is -2.06. The molecule has 0 fully saturated rings. The molecule has 0 aliphatic heterocycles. The van der Waals surface area contributed by atoms with Gasteiger partial charge < -0.3 is 14.8 Å². The van der Waals surface area contributed by atoms with Crippen LogP contribution in [0.15, 0.2) is 36.4 Å². The predicted molar refractivity (Wildman–Crippen MR) is 84.9 cm³/mol. The number of rotatable bonds is 7. The van der Waals surface area contributed by atoms with Crippen molar-refractivity contribution in [2.75, 3.05) is 25.6 Å². The van der Waals surface area contributed by atoms with Crippen molar-refractivity contribution < 1.29 is 9.47 Å². The smallest absolute Gasteiger partial charge is 0.119 e. The topological polar surface area (TPSA) is 30.5 Å². The van der Waals surface area contributed by atoms with Crippen LogP contribution in [0.5, 0.6) is 5.75 Å². The Morgan fingerprint density at radius 2 is 1.85 bits per heavy atom. The number of nitrogens with one attached hydrogen (secondary N) is 1. The predicted octanol–water partition coefficient (Wildman–Crippen LogP) is 4.25. The summed E-state index contributed by atoms with van der Waals surface area (Å²) in [5.41, 5.74) is 1.10. The third kappa shape index (κ3) is 4.25. The third-order valence-electron chi connectivity index (χ3n) is 2.98. The average Bonchev–Trinajstić information content (AvgIpc) is 2.88. The van der Waals surface area contributed by atoms with Crippen LogP contribution in [-0.2, 0) is 4.74 Å². The molecule has 0 aliphatic rings. The molecule has 1 aromatic heterocycles. The maximum Gasteiger partial charge on any atom is 0.119 e. The lowest BCUT2D eigenvalue weighted by Gasteiger charge is -2.14. The number of methoxy groups -OCH3 is 1. The highest BCUT2D eigenvalue weighted by atomic mass is 32.1. The fourth-order valence-corrected chi connectivity index (χ4v) is 2.78. The van der Waals surface area contributed by atoms with Gasteiger partial charge in [0.15, 0.2) is 0 Å². The molecule has 1 unspecified atom stereocenters. The number of hydrogen-bond donors (Lipinski definition) is 1. The molecule has 1 N–H and O–H groups in total. The zero-order valence-electron chi connectivity index (χ0n) is 12.2. The van der Waals surface area contributed by atoms with Crippen molar-refractivity contribution >= 4 is 17.0 Å². The van der Waals surface area contributed by atoms with E-state index < -0.39 is 0 Å². The summed E-state index contributed by atoms with van der Waals surface area (Å²) >= 11 is 1.83. The lowest BCUT2D eigenvalue weighted by atomic mass is 10.2. The fraction of sp³-hybridized carbons (Fsp3) is 0.375. The van der Waals surface area contributed by atoms with Crippen molar-refractivity contribution in [1.82, 2.24) is 0 Å². The zero-order chi connectivity index (χ0) is 14.4. The first-order valence-corrected chi connectivity index (χ1v) is 7.55. The molecule has 1 heterocycles. The Kier molecular flexibility index (Phi) is 5.44. The molecule has 0 radical (unpaired) electrons. The first-order chi connectivity index (χ1) is 9.69. The zero-order valence-corrected chi connectivity index (χ0v) is 13.0. The van der Waals surface area contributed by atoms with E-state index in [0.717, 1.165) is 11.4 Å².